The maximum atomic E-state index is 8.60. The quantitative estimate of drug-likeness (QED) is 0.410. The van der Waals surface area contributed by atoms with Gasteiger partial charge in [-0.3, -0.25) is 0 Å². The Labute approximate surface area is 75.3 Å². The minimum atomic E-state index is -4.69. The summed E-state index contributed by atoms with van der Waals surface area (Å²) in [6.45, 7) is 0. The van der Waals surface area contributed by atoms with Crippen LogP contribution in [0.4, 0.5) is 0 Å². The molecule has 0 saturated carbocycles. The average molecular weight is 280 g/mol. The van der Waals surface area contributed by atoms with Crippen LogP contribution in [0.25, 0.3) is 0 Å². The Hall–Kier alpha value is 0.779. The van der Waals surface area contributed by atoms with E-state index in [0.29, 0.717) is 0 Å². The molecule has 0 spiro atoms. The van der Waals surface area contributed by atoms with Gasteiger partial charge in [0.25, 0.3) is 0 Å². The van der Waals surface area contributed by atoms with E-state index < -0.39 is 20.5 Å². The maximum absolute atomic E-state index is 8.60. The van der Waals surface area contributed by atoms with Gasteiger partial charge >= 0.3 is 0 Å². The van der Waals surface area contributed by atoms with Crippen LogP contribution in [0.1, 0.15) is 0 Å². The van der Waals surface area contributed by atoms with Crippen LogP contribution in [-0.2, 0) is 0 Å². The van der Waals surface area contributed by atoms with Crippen molar-refractivity contribution >= 4 is 17.1 Å². The molecule has 2 N–H and O–H groups in total. The van der Waals surface area contributed by atoms with Crippen LogP contribution in [0.5, 0.6) is 0 Å². The zero-order valence-electron chi connectivity index (χ0n) is 4.51. The molecular formula is H2Cl2O8Se. The van der Waals surface area contributed by atoms with Crippen molar-refractivity contribution in [1.82, 2.24) is 0 Å². The van der Waals surface area contributed by atoms with Crippen molar-refractivity contribution in [2.75, 3.05) is 0 Å². The first-order valence-corrected chi connectivity index (χ1v) is 3.79. The molecule has 8 nitrogen and oxygen atoms in total. The Balaban J connectivity index is -0.000000107. The number of rotatable bonds is 0. The van der Waals surface area contributed by atoms with E-state index in [1.165, 1.54) is 0 Å². The Kier molecular flexibility index (Phi) is 10.2. The molecule has 0 aliphatic rings. The summed E-state index contributed by atoms with van der Waals surface area (Å²) in [5, 5.41) is 0. The third-order valence-electron chi connectivity index (χ3n) is 0. The minimum absolute atomic E-state index is 0. The van der Waals surface area contributed by atoms with Crippen LogP contribution in [0.15, 0.2) is 0 Å². The van der Waals surface area contributed by atoms with E-state index in [9.17, 15) is 0 Å². The summed E-state index contributed by atoms with van der Waals surface area (Å²) in [6, 6.07) is 0. The Morgan fingerprint density at radius 2 is 0.636 bits per heavy atom. The van der Waals surface area contributed by atoms with Gasteiger partial charge < -0.3 is 0 Å². The molecule has 0 heterocycles. The van der Waals surface area contributed by atoms with Gasteiger partial charge in [0.2, 0.25) is 0 Å². The first kappa shape index (κ1) is 17.8. The van der Waals surface area contributed by atoms with Crippen LogP contribution in [0, 0.1) is 20.5 Å². The summed E-state index contributed by atoms with van der Waals surface area (Å²) in [7, 11) is -9.39. The van der Waals surface area contributed by atoms with Gasteiger partial charge in [-0.2, -0.15) is 28.0 Å². The Morgan fingerprint density at radius 3 is 0.636 bits per heavy atom. The summed E-state index contributed by atoms with van der Waals surface area (Å²) in [4.78, 5) is 0. The predicted molar refractivity (Wildman–Crippen MR) is 10.2 cm³/mol. The predicted octanol–water partition coefficient (Wildman–Crippen LogP) is -8.63. The third-order valence-corrected chi connectivity index (χ3v) is 0. The van der Waals surface area contributed by atoms with Crippen molar-refractivity contribution in [1.29, 1.82) is 0 Å². The van der Waals surface area contributed by atoms with Gasteiger partial charge in [0.05, 0.1) is 29.8 Å². The Bertz CT molecular complexity index is 55.1. The van der Waals surface area contributed by atoms with Crippen molar-refractivity contribution in [3.8, 4) is 0 Å². The van der Waals surface area contributed by atoms with E-state index in [1.807, 2.05) is 0 Å². The van der Waals surface area contributed by atoms with Crippen LogP contribution in [0.3, 0.4) is 0 Å². The molecule has 0 aromatic rings. The van der Waals surface area contributed by atoms with E-state index in [2.05, 4.69) is 0 Å². The molecular weight excluding hydrogens is 278 g/mol. The van der Waals surface area contributed by atoms with Gasteiger partial charge in [-0.1, -0.05) is 0 Å². The zero-order chi connectivity index (χ0) is 9.00. The van der Waals surface area contributed by atoms with E-state index in [1.54, 1.807) is 0 Å². The van der Waals surface area contributed by atoms with Crippen molar-refractivity contribution in [2.45, 2.75) is 0 Å². The van der Waals surface area contributed by atoms with Crippen molar-refractivity contribution < 1.29 is 57.8 Å². The average Bonchev–Trinajstić information content (AvgIpc) is 1.12. The first-order chi connectivity index (χ1) is 4.00. The molecule has 0 bridgehead atoms. The van der Waals surface area contributed by atoms with Gasteiger partial charge in [-0.25, -0.2) is 0 Å². The number of halogens is 2. The van der Waals surface area contributed by atoms with E-state index in [-0.39, 0.29) is 17.1 Å². The maximum Gasteiger partial charge on any atom is 0.0777 e. The van der Waals surface area contributed by atoms with Crippen LogP contribution < -0.4 is 28.0 Å². The van der Waals surface area contributed by atoms with E-state index in [0.717, 1.165) is 0 Å². The van der Waals surface area contributed by atoms with Crippen LogP contribution >= 0.6 is 0 Å². The van der Waals surface area contributed by atoms with Crippen LogP contribution in [0.2, 0.25) is 0 Å². The molecule has 70 valence electrons. The standard InChI is InChI=1S/2ClHO4.Se/c2*2-1(3,4)5;/h2*(H,2,3,4,5);. The van der Waals surface area contributed by atoms with Gasteiger partial charge in [0.1, 0.15) is 0 Å². The largest absolute Gasteiger partial charge is 0.183 e. The molecule has 0 aromatic heterocycles. The van der Waals surface area contributed by atoms with E-state index >= 15 is 0 Å². The summed E-state index contributed by atoms with van der Waals surface area (Å²) in [6.07, 6.45) is 0. The monoisotopic (exact) mass is 280 g/mol. The SMILES string of the molecule is [O-][Cl+3]([O-])([O-])O.[O-][Cl+3]([O-])([O-])O.[Se]. The second kappa shape index (κ2) is 6.31. The molecule has 0 saturated heterocycles. The minimum Gasteiger partial charge on any atom is -0.183 e. The van der Waals surface area contributed by atoms with Gasteiger partial charge in [0.15, 0.2) is 0 Å². The normalized spacial score (nSPS) is 10.9. The summed E-state index contributed by atoms with van der Waals surface area (Å²) in [5.74, 6) is 0. The van der Waals surface area contributed by atoms with Crippen molar-refractivity contribution in [2.24, 2.45) is 0 Å². The molecule has 0 unspecified atom stereocenters. The molecule has 0 amide bonds. The van der Waals surface area contributed by atoms with Gasteiger partial charge in [0, 0.05) is 17.1 Å². The summed E-state index contributed by atoms with van der Waals surface area (Å²) in [5.41, 5.74) is 0. The topological polar surface area (TPSA) is 179 Å². The van der Waals surface area contributed by atoms with Crippen LogP contribution in [-0.4, -0.2) is 26.4 Å². The first-order valence-electron chi connectivity index (χ1n) is 1.26. The second-order valence-corrected chi connectivity index (χ2v) is 2.38. The number of hydrogen-bond acceptors (Lipinski definition) is 8. The van der Waals surface area contributed by atoms with Gasteiger partial charge in [-0.15, -0.1) is 0 Å². The zero-order valence-corrected chi connectivity index (χ0v) is 7.73. The second-order valence-electron chi connectivity index (χ2n) is 0.792. The molecule has 0 aliphatic carbocycles. The molecule has 0 aromatic carbocycles. The fourth-order valence-corrected chi connectivity index (χ4v) is 0. The Morgan fingerprint density at radius 1 is 0.636 bits per heavy atom. The molecule has 2 radical (unpaired) electrons. The molecule has 11 heteroatoms. The molecule has 0 fully saturated rings. The van der Waals surface area contributed by atoms with Gasteiger partial charge in [-0.05, 0) is 0 Å². The third kappa shape index (κ3) is 1370. The summed E-state index contributed by atoms with van der Waals surface area (Å²) < 4.78 is 65.4. The molecule has 0 rings (SSSR count). The molecule has 11 heavy (non-hydrogen) atoms. The van der Waals surface area contributed by atoms with E-state index in [4.69, 9.17) is 37.3 Å². The summed E-state index contributed by atoms with van der Waals surface area (Å²) >= 11 is 0. The molecule has 0 atom stereocenters. The smallest absolute Gasteiger partial charge is 0.0777 e. The molecule has 0 aliphatic heterocycles. The number of hydrogen-bond donors (Lipinski definition) is 2. The fraction of sp³-hybridized carbons (Fsp3) is 0. The fourth-order valence-electron chi connectivity index (χ4n) is 0. The van der Waals surface area contributed by atoms with Crippen molar-refractivity contribution in [3.63, 3.8) is 0 Å². The van der Waals surface area contributed by atoms with Crippen molar-refractivity contribution in [3.05, 3.63) is 0 Å².